The Labute approximate surface area is 179 Å². The molecule has 4 aromatic rings. The highest BCUT2D eigenvalue weighted by molar-refractivity contribution is 7.80. The first-order valence-corrected chi connectivity index (χ1v) is 9.94. The van der Waals surface area contributed by atoms with Crippen LogP contribution in [0.3, 0.4) is 0 Å². The smallest absolute Gasteiger partial charge is 0.171 e. The predicted octanol–water partition coefficient (Wildman–Crippen LogP) is 6.20. The molecule has 6 heteroatoms. The minimum Gasteiger partial charge on any atom is -0.363 e. The summed E-state index contributed by atoms with van der Waals surface area (Å²) in [5, 5.41) is 11.0. The summed E-state index contributed by atoms with van der Waals surface area (Å²) in [6, 6.07) is 24.1. The average Bonchev–Trinajstić information content (AvgIpc) is 3.25. The van der Waals surface area contributed by atoms with E-state index in [2.05, 4.69) is 15.8 Å². The molecule has 30 heavy (non-hydrogen) atoms. The van der Waals surface area contributed by atoms with Crippen LogP contribution in [-0.2, 0) is 0 Å². The van der Waals surface area contributed by atoms with Gasteiger partial charge in [-0.05, 0) is 54.5 Å². The molecule has 1 aromatic heterocycles. The average molecular weight is 418 g/mol. The van der Waals surface area contributed by atoms with Gasteiger partial charge in [0.2, 0.25) is 0 Å². The molecule has 150 valence electrons. The molecule has 1 atom stereocenters. The van der Waals surface area contributed by atoms with Gasteiger partial charge in [0, 0.05) is 16.8 Å². The van der Waals surface area contributed by atoms with Gasteiger partial charge in [-0.15, -0.1) is 0 Å². The van der Waals surface area contributed by atoms with E-state index < -0.39 is 0 Å². The Bertz CT molecular complexity index is 1130. The molecule has 1 unspecified atom stereocenters. The maximum absolute atomic E-state index is 13.1. The van der Waals surface area contributed by atoms with Crippen molar-refractivity contribution in [2.45, 2.75) is 13.0 Å². The number of halogens is 1. The fourth-order valence-corrected chi connectivity index (χ4v) is 3.47. The molecule has 3 aromatic carbocycles. The minimum atomic E-state index is -0.255. The second-order valence-corrected chi connectivity index (χ2v) is 7.30. The first kappa shape index (κ1) is 19.8. The molecule has 0 aliphatic heterocycles. The molecule has 0 aliphatic carbocycles. The van der Waals surface area contributed by atoms with Crippen molar-refractivity contribution >= 4 is 23.0 Å². The van der Waals surface area contributed by atoms with E-state index in [1.54, 1.807) is 18.4 Å². The highest BCUT2D eigenvalue weighted by Crippen LogP contribution is 2.31. The third-order valence-corrected chi connectivity index (χ3v) is 5.01. The van der Waals surface area contributed by atoms with E-state index in [0.29, 0.717) is 5.11 Å². The SMILES string of the molecule is CC(NC(=S)Nc1ccc(-c2conc2-c2ccccc2)cc1)c1ccc(F)cc1. The second kappa shape index (κ2) is 8.88. The highest BCUT2D eigenvalue weighted by atomic mass is 32.1. The van der Waals surface area contributed by atoms with E-state index >= 15 is 0 Å². The highest BCUT2D eigenvalue weighted by Gasteiger charge is 2.12. The summed E-state index contributed by atoms with van der Waals surface area (Å²) >= 11 is 5.41. The van der Waals surface area contributed by atoms with Gasteiger partial charge >= 0.3 is 0 Å². The van der Waals surface area contributed by atoms with Gasteiger partial charge in [-0.1, -0.05) is 59.8 Å². The molecule has 0 amide bonds. The number of thiocarbonyl (C=S) groups is 1. The lowest BCUT2D eigenvalue weighted by Crippen LogP contribution is -2.30. The van der Waals surface area contributed by atoms with Gasteiger partial charge in [-0.3, -0.25) is 0 Å². The van der Waals surface area contributed by atoms with E-state index in [1.807, 2.05) is 61.5 Å². The number of hydrogen-bond donors (Lipinski definition) is 2. The number of nitrogens with zero attached hydrogens (tertiary/aromatic N) is 1. The maximum atomic E-state index is 13.1. The Balaban J connectivity index is 1.43. The quantitative estimate of drug-likeness (QED) is 0.379. The van der Waals surface area contributed by atoms with Crippen LogP contribution in [0.2, 0.25) is 0 Å². The van der Waals surface area contributed by atoms with Crippen molar-refractivity contribution < 1.29 is 8.91 Å². The van der Waals surface area contributed by atoms with Crippen molar-refractivity contribution in [1.29, 1.82) is 0 Å². The summed E-state index contributed by atoms with van der Waals surface area (Å²) in [7, 11) is 0. The predicted molar refractivity (Wildman–Crippen MR) is 122 cm³/mol. The van der Waals surface area contributed by atoms with Crippen LogP contribution in [0, 0.1) is 5.82 Å². The lowest BCUT2D eigenvalue weighted by Gasteiger charge is -2.17. The third-order valence-electron chi connectivity index (χ3n) is 4.79. The molecule has 4 rings (SSSR count). The largest absolute Gasteiger partial charge is 0.363 e. The molecule has 0 aliphatic rings. The van der Waals surface area contributed by atoms with Crippen molar-refractivity contribution in [3.63, 3.8) is 0 Å². The first-order valence-electron chi connectivity index (χ1n) is 9.53. The summed E-state index contributed by atoms with van der Waals surface area (Å²) in [6.45, 7) is 1.97. The van der Waals surface area contributed by atoms with E-state index in [9.17, 15) is 4.39 Å². The maximum Gasteiger partial charge on any atom is 0.171 e. The molecule has 0 saturated carbocycles. The van der Waals surface area contributed by atoms with E-state index in [-0.39, 0.29) is 11.9 Å². The Morgan fingerprint density at radius 1 is 0.933 bits per heavy atom. The van der Waals surface area contributed by atoms with Crippen LogP contribution < -0.4 is 10.6 Å². The number of anilines is 1. The molecule has 0 bridgehead atoms. The van der Waals surface area contributed by atoms with Crippen LogP contribution in [0.5, 0.6) is 0 Å². The summed E-state index contributed by atoms with van der Waals surface area (Å²) < 4.78 is 18.3. The Kier molecular flexibility index (Phi) is 5.86. The topological polar surface area (TPSA) is 50.1 Å². The molecule has 2 N–H and O–H groups in total. The van der Waals surface area contributed by atoms with Crippen LogP contribution >= 0.6 is 12.2 Å². The van der Waals surface area contributed by atoms with Crippen molar-refractivity contribution in [2.75, 3.05) is 5.32 Å². The van der Waals surface area contributed by atoms with Crippen LogP contribution in [0.25, 0.3) is 22.4 Å². The summed E-state index contributed by atoms with van der Waals surface area (Å²) in [5.41, 5.74) is 5.56. The Morgan fingerprint density at radius 2 is 1.63 bits per heavy atom. The van der Waals surface area contributed by atoms with E-state index in [1.165, 1.54) is 12.1 Å². The molecule has 0 radical (unpaired) electrons. The van der Waals surface area contributed by atoms with Crippen molar-refractivity contribution in [3.8, 4) is 22.4 Å². The second-order valence-electron chi connectivity index (χ2n) is 6.89. The summed E-state index contributed by atoms with van der Waals surface area (Å²) in [6.07, 6.45) is 1.65. The van der Waals surface area contributed by atoms with E-state index in [4.69, 9.17) is 16.7 Å². The molecule has 0 spiro atoms. The third kappa shape index (κ3) is 4.55. The van der Waals surface area contributed by atoms with Crippen LogP contribution in [0.4, 0.5) is 10.1 Å². The number of aromatic nitrogens is 1. The standard InChI is InChI=1S/C24H20FN3OS/c1-16(17-7-11-20(25)12-8-17)26-24(30)27-21-13-9-18(10-14-21)22-15-29-28-23(22)19-5-3-2-4-6-19/h2-16H,1H3,(H2,26,27,30). The van der Waals surface area contributed by atoms with Gasteiger partial charge in [0.15, 0.2) is 5.11 Å². The zero-order valence-corrected chi connectivity index (χ0v) is 17.1. The van der Waals surface area contributed by atoms with Crippen molar-refractivity contribution in [1.82, 2.24) is 10.5 Å². The molecule has 0 fully saturated rings. The lowest BCUT2D eigenvalue weighted by atomic mass is 10.0. The number of hydrogen-bond acceptors (Lipinski definition) is 3. The zero-order valence-electron chi connectivity index (χ0n) is 16.3. The minimum absolute atomic E-state index is 0.0460. The molecular weight excluding hydrogens is 397 g/mol. The monoisotopic (exact) mass is 417 g/mol. The van der Waals surface area contributed by atoms with Gasteiger partial charge in [0.1, 0.15) is 17.8 Å². The van der Waals surface area contributed by atoms with Crippen LogP contribution in [-0.4, -0.2) is 10.3 Å². The fraction of sp³-hybridized carbons (Fsp3) is 0.0833. The number of rotatable bonds is 5. The van der Waals surface area contributed by atoms with Crippen LogP contribution in [0.1, 0.15) is 18.5 Å². The zero-order chi connectivity index (χ0) is 20.9. The number of nitrogens with one attached hydrogen (secondary N) is 2. The molecule has 4 nitrogen and oxygen atoms in total. The fourth-order valence-electron chi connectivity index (χ4n) is 3.18. The Morgan fingerprint density at radius 3 is 2.33 bits per heavy atom. The van der Waals surface area contributed by atoms with Gasteiger partial charge in [0.05, 0.1) is 6.04 Å². The van der Waals surface area contributed by atoms with Gasteiger partial charge in [0.25, 0.3) is 0 Å². The molecule has 0 saturated heterocycles. The summed E-state index contributed by atoms with van der Waals surface area (Å²) in [5.74, 6) is -0.255. The van der Waals surface area contributed by atoms with E-state index in [0.717, 1.165) is 33.6 Å². The summed E-state index contributed by atoms with van der Waals surface area (Å²) in [4.78, 5) is 0. The lowest BCUT2D eigenvalue weighted by molar-refractivity contribution is 0.422. The van der Waals surface area contributed by atoms with Gasteiger partial charge < -0.3 is 15.2 Å². The van der Waals surface area contributed by atoms with Gasteiger partial charge in [-0.2, -0.15) is 0 Å². The molecular formula is C24H20FN3OS. The Hall–Kier alpha value is -3.51. The first-order chi connectivity index (χ1) is 14.6. The van der Waals surface area contributed by atoms with Crippen molar-refractivity contribution in [3.05, 3.63) is 96.5 Å². The number of benzene rings is 3. The van der Waals surface area contributed by atoms with Crippen molar-refractivity contribution in [2.24, 2.45) is 0 Å². The van der Waals surface area contributed by atoms with Gasteiger partial charge in [-0.25, -0.2) is 4.39 Å². The van der Waals surface area contributed by atoms with Crippen LogP contribution in [0.15, 0.2) is 89.6 Å². The molecule has 1 heterocycles. The normalized spacial score (nSPS) is 11.7.